The van der Waals surface area contributed by atoms with Gasteiger partial charge in [-0.05, 0) is 34.8 Å². The average molecular weight is 786 g/mol. The highest BCUT2D eigenvalue weighted by atomic mass is 80.0. The summed E-state index contributed by atoms with van der Waals surface area (Å²) in [7, 11) is 0. The molecule has 2 rings (SSSR count). The van der Waals surface area contributed by atoms with Crippen LogP contribution in [-0.2, 0) is 8.85 Å². The molecule has 0 aliphatic carbocycles. The van der Waals surface area contributed by atoms with Crippen molar-refractivity contribution in [3.05, 3.63) is 59.7 Å². The van der Waals surface area contributed by atoms with E-state index in [-0.39, 0.29) is 0 Å². The van der Waals surface area contributed by atoms with Crippen molar-refractivity contribution < 1.29 is 9.09 Å². The second-order valence-corrected chi connectivity index (χ2v) is 23.7. The van der Waals surface area contributed by atoms with Gasteiger partial charge in [0.15, 0.2) is 4.29 Å². The van der Waals surface area contributed by atoms with Gasteiger partial charge in [0.05, 0.1) is 0 Å². The zero-order valence-electron chi connectivity index (χ0n) is 11.9. The van der Waals surface area contributed by atoms with E-state index in [0.717, 1.165) is 16.9 Å². The number of benzene rings is 2. The zero-order chi connectivity index (χ0) is 18.9. The van der Waals surface area contributed by atoms with Gasteiger partial charge in [-0.25, -0.2) is 4.57 Å². The standard InChI is InChI=1S/C14H8Br6ClO2PS/c15-13(16,17)9-5-1-3-7-11(9)23-24(21,22)25-12-8-4-2-6-10(12)14(18,19)20/h1-8H. The highest BCUT2D eigenvalue weighted by molar-refractivity contribution is 9.39. The second kappa shape index (κ2) is 9.21. The lowest BCUT2D eigenvalue weighted by atomic mass is 10.2. The Bertz CT molecular complexity index is 745. The average Bonchev–Trinajstić information content (AvgIpc) is 2.45. The van der Waals surface area contributed by atoms with Crippen LogP contribution in [-0.4, -0.2) is 0 Å². The molecule has 0 bridgehead atoms. The van der Waals surface area contributed by atoms with E-state index in [9.17, 15) is 4.57 Å². The van der Waals surface area contributed by atoms with E-state index < -0.39 is 10.2 Å². The molecule has 0 saturated carbocycles. The Morgan fingerprint density at radius 3 is 1.88 bits per heavy atom. The van der Waals surface area contributed by atoms with Gasteiger partial charge < -0.3 is 4.52 Å². The highest BCUT2D eigenvalue weighted by Gasteiger charge is 2.33. The van der Waals surface area contributed by atoms with E-state index in [4.69, 9.17) is 15.8 Å². The van der Waals surface area contributed by atoms with Gasteiger partial charge in [-0.15, -0.1) is 0 Å². The Morgan fingerprint density at radius 2 is 1.32 bits per heavy atom. The molecule has 0 aliphatic heterocycles. The summed E-state index contributed by atoms with van der Waals surface area (Å²) in [5.74, 6) is -3.16. The summed E-state index contributed by atoms with van der Waals surface area (Å²) in [5, 5.41) is 0. The lowest BCUT2D eigenvalue weighted by molar-refractivity contribution is 0.512. The lowest BCUT2D eigenvalue weighted by Gasteiger charge is -2.21. The van der Waals surface area contributed by atoms with Gasteiger partial charge in [0.2, 0.25) is 0 Å². The fourth-order valence-electron chi connectivity index (χ4n) is 1.81. The van der Waals surface area contributed by atoms with Crippen LogP contribution in [0.25, 0.3) is 0 Å². The van der Waals surface area contributed by atoms with Crippen molar-refractivity contribution in [1.29, 1.82) is 0 Å². The third kappa shape index (κ3) is 7.07. The molecule has 0 aliphatic rings. The first kappa shape index (κ1) is 23.3. The van der Waals surface area contributed by atoms with Crippen molar-refractivity contribution in [1.82, 2.24) is 0 Å². The third-order valence-corrected chi connectivity index (χ3v) is 8.84. The van der Waals surface area contributed by atoms with Gasteiger partial charge in [0, 0.05) is 16.0 Å². The van der Waals surface area contributed by atoms with Crippen LogP contribution in [0.1, 0.15) is 11.1 Å². The van der Waals surface area contributed by atoms with E-state index in [0.29, 0.717) is 16.2 Å². The summed E-state index contributed by atoms with van der Waals surface area (Å²) in [6.07, 6.45) is 0. The molecular weight excluding hydrogens is 778 g/mol. The third-order valence-electron chi connectivity index (χ3n) is 2.80. The first-order valence-electron chi connectivity index (χ1n) is 6.41. The molecule has 1 atom stereocenters. The molecule has 2 aromatic carbocycles. The van der Waals surface area contributed by atoms with E-state index in [1.165, 1.54) is 0 Å². The molecule has 2 aromatic rings. The molecule has 0 saturated heterocycles. The van der Waals surface area contributed by atoms with Crippen LogP contribution in [0.4, 0.5) is 0 Å². The summed E-state index contributed by atoms with van der Waals surface area (Å²) in [6.45, 7) is 0. The maximum atomic E-state index is 12.9. The lowest BCUT2D eigenvalue weighted by Crippen LogP contribution is -2.02. The Morgan fingerprint density at radius 1 is 0.840 bits per heavy atom. The molecule has 0 heterocycles. The molecule has 0 spiro atoms. The quantitative estimate of drug-likeness (QED) is 0.228. The van der Waals surface area contributed by atoms with Crippen LogP contribution in [0.15, 0.2) is 53.4 Å². The fraction of sp³-hybridized carbons (Fsp3) is 0.143. The normalized spacial score (nSPS) is 14.8. The Kier molecular flexibility index (Phi) is 8.57. The summed E-state index contributed by atoms with van der Waals surface area (Å²) < 4.78 is 17.2. The van der Waals surface area contributed by atoms with Gasteiger partial charge >= 0.3 is 5.92 Å². The fourth-order valence-corrected chi connectivity index (χ4v) is 7.78. The Balaban J connectivity index is 2.33. The SMILES string of the molecule is O=P(Cl)(Oc1ccccc1C(Br)(Br)Br)Sc1ccccc1C(Br)(Br)Br. The number of hydrogen-bond donors (Lipinski definition) is 0. The van der Waals surface area contributed by atoms with Gasteiger partial charge in [-0.2, -0.15) is 0 Å². The van der Waals surface area contributed by atoms with Gasteiger partial charge in [0.25, 0.3) is 0 Å². The number of alkyl halides is 6. The summed E-state index contributed by atoms with van der Waals surface area (Å²) >= 11 is 28.0. The Hall–Kier alpha value is 1.99. The van der Waals surface area contributed by atoms with Crippen LogP contribution in [0.2, 0.25) is 0 Å². The number of rotatable bonds is 4. The first-order chi connectivity index (χ1) is 11.4. The molecule has 0 fully saturated rings. The van der Waals surface area contributed by atoms with Gasteiger partial charge in [0.1, 0.15) is 5.75 Å². The molecule has 136 valence electrons. The summed E-state index contributed by atoms with van der Waals surface area (Å²) in [4.78, 5) is 0.715. The molecule has 11 heteroatoms. The van der Waals surface area contributed by atoms with Crippen molar-refractivity contribution in [3.63, 3.8) is 0 Å². The predicted molar refractivity (Wildman–Crippen MR) is 130 cm³/mol. The maximum Gasteiger partial charge on any atom is 0.398 e. The minimum atomic E-state index is -3.57. The minimum absolute atomic E-state index is 0.402. The van der Waals surface area contributed by atoms with Crippen LogP contribution in [0.5, 0.6) is 5.75 Å². The van der Waals surface area contributed by atoms with Gasteiger partial charge in [-0.3, -0.25) is 0 Å². The molecule has 25 heavy (non-hydrogen) atoms. The zero-order valence-corrected chi connectivity index (χ0v) is 23.9. The molecular formula is C14H8Br6ClO2PS. The van der Waals surface area contributed by atoms with Crippen LogP contribution in [0, 0.1) is 0 Å². The molecule has 0 N–H and O–H groups in total. The topological polar surface area (TPSA) is 26.3 Å². The van der Waals surface area contributed by atoms with Crippen LogP contribution < -0.4 is 4.52 Å². The molecule has 0 amide bonds. The summed E-state index contributed by atoms with van der Waals surface area (Å²) in [6, 6.07) is 14.6. The Labute approximate surface area is 205 Å². The van der Waals surface area contributed by atoms with Crippen molar-refractivity contribution >= 4 is 124 Å². The van der Waals surface area contributed by atoms with Crippen molar-refractivity contribution in [2.75, 3.05) is 0 Å². The molecule has 0 aromatic heterocycles. The van der Waals surface area contributed by atoms with Crippen molar-refractivity contribution in [2.24, 2.45) is 0 Å². The van der Waals surface area contributed by atoms with E-state index in [1.54, 1.807) is 12.1 Å². The first-order valence-corrected chi connectivity index (χ1v) is 15.1. The van der Waals surface area contributed by atoms with Crippen molar-refractivity contribution in [2.45, 2.75) is 9.18 Å². The predicted octanol–water partition coefficient (Wildman–Crippen LogP) is 9.79. The monoisotopic (exact) mass is 779 g/mol. The van der Waals surface area contributed by atoms with E-state index in [1.807, 2.05) is 36.4 Å². The number of halogens is 7. The molecule has 2 nitrogen and oxygen atoms in total. The minimum Gasteiger partial charge on any atom is -0.425 e. The molecule has 0 radical (unpaired) electrons. The van der Waals surface area contributed by atoms with Crippen LogP contribution >= 0.6 is 124 Å². The van der Waals surface area contributed by atoms with Crippen LogP contribution in [0.3, 0.4) is 0 Å². The van der Waals surface area contributed by atoms with Gasteiger partial charge in [-0.1, -0.05) is 132 Å². The highest BCUT2D eigenvalue weighted by Crippen LogP contribution is 2.68. The van der Waals surface area contributed by atoms with E-state index >= 15 is 0 Å². The number of para-hydroxylation sites is 1. The number of hydrogen-bond acceptors (Lipinski definition) is 3. The van der Waals surface area contributed by atoms with Crippen molar-refractivity contribution in [3.8, 4) is 5.75 Å². The largest absolute Gasteiger partial charge is 0.425 e. The second-order valence-electron chi connectivity index (χ2n) is 4.60. The molecule has 1 unspecified atom stereocenters. The maximum absolute atomic E-state index is 12.9. The summed E-state index contributed by atoms with van der Waals surface area (Å²) in [5.41, 5.74) is 1.54. The van der Waals surface area contributed by atoms with E-state index in [2.05, 4.69) is 95.6 Å². The smallest absolute Gasteiger partial charge is 0.398 e.